The van der Waals surface area contributed by atoms with Crippen LogP contribution >= 0.6 is 0 Å². The van der Waals surface area contributed by atoms with Gasteiger partial charge < -0.3 is 11.5 Å². The average Bonchev–Trinajstić information content (AvgIpc) is 2.71. The largest absolute Gasteiger partial charge is 0.396 e. The minimum atomic E-state index is -0.740. The highest BCUT2D eigenvalue weighted by Gasteiger charge is 2.12. The van der Waals surface area contributed by atoms with Gasteiger partial charge in [0.15, 0.2) is 5.69 Å². The Morgan fingerprint density at radius 1 is 1.53 bits per heavy atom. The predicted octanol–water partition coefficient (Wildman–Crippen LogP) is 0.623. The molecule has 0 bridgehead atoms. The zero-order valence-corrected chi connectivity index (χ0v) is 9.80. The molecule has 6 nitrogen and oxygen atoms in total. The van der Waals surface area contributed by atoms with Crippen LogP contribution in [-0.2, 0) is 6.54 Å². The number of benzene rings is 1. The van der Waals surface area contributed by atoms with Gasteiger partial charge in [0.25, 0.3) is 5.91 Å². The number of hydrogen-bond donors (Lipinski definition) is 2. The van der Waals surface area contributed by atoms with E-state index >= 15 is 0 Å². The quantitative estimate of drug-likeness (QED) is 0.841. The third-order valence-corrected chi connectivity index (χ3v) is 2.54. The molecule has 0 fully saturated rings. The van der Waals surface area contributed by atoms with Gasteiger partial charge in [0, 0.05) is 6.20 Å². The van der Waals surface area contributed by atoms with E-state index in [0.717, 1.165) is 0 Å². The minimum Gasteiger partial charge on any atom is -0.396 e. The maximum absolute atomic E-state index is 13.2. The Morgan fingerprint density at radius 3 is 2.84 bits per heavy atom. The minimum absolute atomic E-state index is 0.0464. The molecule has 2 aromatic rings. The molecule has 0 spiro atoms. The maximum Gasteiger partial charge on any atom is 0.271 e. The van der Waals surface area contributed by atoms with Crippen LogP contribution < -0.4 is 11.5 Å². The predicted molar refractivity (Wildman–Crippen MR) is 65.4 cm³/mol. The summed E-state index contributed by atoms with van der Waals surface area (Å²) in [5.74, 6) is -1.19. The molecule has 0 saturated heterocycles. The van der Waals surface area contributed by atoms with Gasteiger partial charge in [-0.1, -0.05) is 0 Å². The Labute approximate surface area is 108 Å². The van der Waals surface area contributed by atoms with Crippen molar-refractivity contribution in [2.45, 2.75) is 6.54 Å². The van der Waals surface area contributed by atoms with Crippen LogP contribution in [0.4, 0.5) is 10.1 Å². The zero-order chi connectivity index (χ0) is 14.0. The molecule has 1 amide bonds. The summed E-state index contributed by atoms with van der Waals surface area (Å²) in [6.07, 6.45) is 1.41. The average molecular weight is 259 g/mol. The van der Waals surface area contributed by atoms with Crippen molar-refractivity contribution in [1.82, 2.24) is 9.78 Å². The fourth-order valence-corrected chi connectivity index (χ4v) is 1.69. The topological polar surface area (TPSA) is 111 Å². The third kappa shape index (κ3) is 2.52. The van der Waals surface area contributed by atoms with Crippen LogP contribution in [0.5, 0.6) is 0 Å². The molecule has 0 unspecified atom stereocenters. The second kappa shape index (κ2) is 4.78. The standard InChI is InChI=1S/C12H10FN5O/c13-9-2-1-7(4-14)8(3-9)5-18-6-10(15)11(17-18)12(16)19/h1-3,6H,5,15H2,(H2,16,19). The number of primary amides is 1. The highest BCUT2D eigenvalue weighted by atomic mass is 19.1. The summed E-state index contributed by atoms with van der Waals surface area (Å²) in [5, 5.41) is 12.8. The summed E-state index contributed by atoms with van der Waals surface area (Å²) in [6, 6.07) is 5.78. The van der Waals surface area contributed by atoms with E-state index in [2.05, 4.69) is 5.10 Å². The molecule has 1 heterocycles. The van der Waals surface area contributed by atoms with E-state index in [1.54, 1.807) is 0 Å². The van der Waals surface area contributed by atoms with Crippen molar-refractivity contribution < 1.29 is 9.18 Å². The number of carbonyl (C=O) groups is 1. The van der Waals surface area contributed by atoms with Gasteiger partial charge in [0.1, 0.15) is 5.82 Å². The lowest BCUT2D eigenvalue weighted by Gasteiger charge is -2.04. The van der Waals surface area contributed by atoms with Gasteiger partial charge >= 0.3 is 0 Å². The van der Waals surface area contributed by atoms with Crippen LogP contribution in [0.2, 0.25) is 0 Å². The lowest BCUT2D eigenvalue weighted by molar-refractivity contribution is 0.0995. The summed E-state index contributed by atoms with van der Waals surface area (Å²) < 4.78 is 14.5. The van der Waals surface area contributed by atoms with Crippen molar-refractivity contribution >= 4 is 11.6 Å². The summed E-state index contributed by atoms with van der Waals surface area (Å²) in [6.45, 7) is 0.123. The molecule has 19 heavy (non-hydrogen) atoms. The molecule has 2 rings (SSSR count). The number of aromatic nitrogens is 2. The number of amides is 1. The van der Waals surface area contributed by atoms with Gasteiger partial charge in [-0.05, 0) is 23.8 Å². The first-order valence-electron chi connectivity index (χ1n) is 5.32. The summed E-state index contributed by atoms with van der Waals surface area (Å²) >= 11 is 0. The van der Waals surface area contributed by atoms with E-state index in [9.17, 15) is 9.18 Å². The number of halogens is 1. The SMILES string of the molecule is N#Cc1ccc(F)cc1Cn1cc(N)c(C(N)=O)n1. The second-order valence-electron chi connectivity index (χ2n) is 3.91. The number of nitrogens with zero attached hydrogens (tertiary/aromatic N) is 3. The van der Waals surface area contributed by atoms with Crippen LogP contribution in [0, 0.1) is 17.1 Å². The number of rotatable bonds is 3. The van der Waals surface area contributed by atoms with Crippen molar-refractivity contribution in [3.05, 3.63) is 47.0 Å². The van der Waals surface area contributed by atoms with Gasteiger partial charge in [-0.15, -0.1) is 0 Å². The number of carbonyl (C=O) groups excluding carboxylic acids is 1. The Hall–Kier alpha value is -2.88. The Kier molecular flexibility index (Phi) is 3.16. The molecular weight excluding hydrogens is 249 g/mol. The molecule has 4 N–H and O–H groups in total. The Balaban J connectivity index is 2.36. The Morgan fingerprint density at radius 2 is 2.26 bits per heavy atom. The van der Waals surface area contributed by atoms with Crippen LogP contribution in [-0.4, -0.2) is 15.7 Å². The van der Waals surface area contributed by atoms with E-state index in [1.165, 1.54) is 29.1 Å². The fraction of sp³-hybridized carbons (Fsp3) is 0.0833. The van der Waals surface area contributed by atoms with Gasteiger partial charge in [0.2, 0.25) is 0 Å². The molecule has 0 radical (unpaired) electrons. The first-order chi connectivity index (χ1) is 9.01. The number of nitrogens with two attached hydrogens (primary N) is 2. The number of hydrogen-bond acceptors (Lipinski definition) is 4. The summed E-state index contributed by atoms with van der Waals surface area (Å²) in [5.41, 5.74) is 11.5. The van der Waals surface area contributed by atoms with Crippen molar-refractivity contribution in [3.63, 3.8) is 0 Å². The first kappa shape index (κ1) is 12.6. The molecule has 1 aromatic carbocycles. The lowest BCUT2D eigenvalue weighted by Crippen LogP contribution is -2.14. The lowest BCUT2D eigenvalue weighted by atomic mass is 10.1. The molecule has 0 saturated carbocycles. The molecule has 1 aromatic heterocycles. The van der Waals surface area contributed by atoms with E-state index in [-0.39, 0.29) is 17.9 Å². The van der Waals surface area contributed by atoms with E-state index in [4.69, 9.17) is 16.7 Å². The molecule has 0 atom stereocenters. The number of nitriles is 1. The van der Waals surface area contributed by atoms with Gasteiger partial charge in [-0.2, -0.15) is 10.4 Å². The molecule has 96 valence electrons. The Bertz CT molecular complexity index is 686. The number of anilines is 1. The fourth-order valence-electron chi connectivity index (χ4n) is 1.69. The smallest absolute Gasteiger partial charge is 0.271 e. The molecule has 0 aliphatic rings. The molecular formula is C12H10FN5O. The van der Waals surface area contributed by atoms with Gasteiger partial charge in [0.05, 0.1) is 23.9 Å². The summed E-state index contributed by atoms with van der Waals surface area (Å²) in [7, 11) is 0. The van der Waals surface area contributed by atoms with Crippen molar-refractivity contribution in [1.29, 1.82) is 5.26 Å². The zero-order valence-electron chi connectivity index (χ0n) is 9.80. The van der Waals surface area contributed by atoms with E-state index in [1.807, 2.05) is 6.07 Å². The third-order valence-electron chi connectivity index (χ3n) is 2.54. The highest BCUT2D eigenvalue weighted by Crippen LogP contribution is 2.14. The van der Waals surface area contributed by atoms with Crippen LogP contribution in [0.1, 0.15) is 21.6 Å². The van der Waals surface area contributed by atoms with E-state index in [0.29, 0.717) is 11.1 Å². The van der Waals surface area contributed by atoms with Crippen LogP contribution in [0.3, 0.4) is 0 Å². The molecule has 0 aliphatic heterocycles. The number of nitrogen functional groups attached to an aromatic ring is 1. The van der Waals surface area contributed by atoms with Crippen molar-refractivity contribution in [2.75, 3.05) is 5.73 Å². The van der Waals surface area contributed by atoms with Crippen molar-refractivity contribution in [2.24, 2.45) is 5.73 Å². The summed E-state index contributed by atoms with van der Waals surface area (Å²) in [4.78, 5) is 11.0. The van der Waals surface area contributed by atoms with Gasteiger partial charge in [-0.3, -0.25) is 9.48 Å². The maximum atomic E-state index is 13.2. The van der Waals surface area contributed by atoms with Crippen LogP contribution in [0.25, 0.3) is 0 Å². The van der Waals surface area contributed by atoms with Crippen LogP contribution in [0.15, 0.2) is 24.4 Å². The van der Waals surface area contributed by atoms with Crippen molar-refractivity contribution in [3.8, 4) is 6.07 Å². The second-order valence-corrected chi connectivity index (χ2v) is 3.91. The normalized spacial score (nSPS) is 10.1. The monoisotopic (exact) mass is 259 g/mol. The molecule has 0 aliphatic carbocycles. The van der Waals surface area contributed by atoms with E-state index < -0.39 is 11.7 Å². The highest BCUT2D eigenvalue weighted by molar-refractivity contribution is 5.95. The molecule has 7 heteroatoms. The first-order valence-corrected chi connectivity index (χ1v) is 5.32. The van der Waals surface area contributed by atoms with Gasteiger partial charge in [-0.25, -0.2) is 4.39 Å².